The highest BCUT2D eigenvalue weighted by Crippen LogP contribution is 2.37. The van der Waals surface area contributed by atoms with Gasteiger partial charge in [0.15, 0.2) is 0 Å². The third-order valence-corrected chi connectivity index (χ3v) is 5.19. The van der Waals surface area contributed by atoms with Gasteiger partial charge < -0.3 is 0 Å². The summed E-state index contributed by atoms with van der Waals surface area (Å²) in [5.74, 6) is 0.575. The smallest absolute Gasteiger partial charge is 0.257 e. The van der Waals surface area contributed by atoms with Gasteiger partial charge in [-0.1, -0.05) is 30.3 Å². The van der Waals surface area contributed by atoms with Crippen molar-refractivity contribution in [2.75, 3.05) is 10.9 Å². The molecule has 0 atom stereocenters. The third-order valence-electron chi connectivity index (χ3n) is 2.79. The van der Waals surface area contributed by atoms with Crippen LogP contribution in [0, 0.1) is 0 Å². The number of fused-ring (bicyclic) bond motifs is 1. The second-order valence-electron chi connectivity index (χ2n) is 4.08. The Balaban J connectivity index is 1.88. The van der Waals surface area contributed by atoms with Gasteiger partial charge >= 0.3 is 0 Å². The van der Waals surface area contributed by atoms with E-state index in [0.717, 1.165) is 10.6 Å². The summed E-state index contributed by atoms with van der Waals surface area (Å²) >= 11 is 1.61. The molecule has 4 nitrogen and oxygen atoms in total. The highest BCUT2D eigenvalue weighted by atomic mass is 32.2. The molecule has 1 aliphatic rings. The molecule has 0 amide bonds. The van der Waals surface area contributed by atoms with Crippen molar-refractivity contribution < 1.29 is 8.42 Å². The van der Waals surface area contributed by atoms with Gasteiger partial charge in [0.05, 0.1) is 16.5 Å². The molecule has 2 aromatic carbocycles. The molecule has 19 heavy (non-hydrogen) atoms. The molecular weight excluding hydrogens is 280 g/mol. The quantitative estimate of drug-likeness (QED) is 0.944. The zero-order valence-electron chi connectivity index (χ0n) is 9.98. The molecule has 0 aliphatic carbocycles. The van der Waals surface area contributed by atoms with Crippen molar-refractivity contribution >= 4 is 27.5 Å². The van der Waals surface area contributed by atoms with Crippen LogP contribution in [0.1, 0.15) is 0 Å². The fraction of sp³-hybridized carbons (Fsp3) is 0.0769. The summed E-state index contributed by atoms with van der Waals surface area (Å²) in [6, 6.07) is 16.1. The van der Waals surface area contributed by atoms with Crippen molar-refractivity contribution in [1.29, 1.82) is 0 Å². The summed E-state index contributed by atoms with van der Waals surface area (Å²) in [4.78, 5) is 3.96. The lowest BCUT2D eigenvalue weighted by molar-refractivity contribution is 0.580. The summed E-state index contributed by atoms with van der Waals surface area (Å²) in [6.07, 6.45) is 0. The lowest BCUT2D eigenvalue weighted by atomic mass is 10.3. The van der Waals surface area contributed by atoms with E-state index in [9.17, 15) is 8.42 Å². The van der Waals surface area contributed by atoms with Crippen LogP contribution in [0.15, 0.2) is 64.4 Å². The van der Waals surface area contributed by atoms with E-state index >= 15 is 0 Å². The number of benzene rings is 2. The van der Waals surface area contributed by atoms with Crippen LogP contribution in [0.25, 0.3) is 0 Å². The van der Waals surface area contributed by atoms with Crippen LogP contribution in [-0.2, 0) is 10.0 Å². The lowest BCUT2D eigenvalue weighted by Gasteiger charge is -2.19. The largest absolute Gasteiger partial charge is 0.283 e. The minimum absolute atomic E-state index is 0.268. The van der Waals surface area contributed by atoms with Crippen molar-refractivity contribution in [3.63, 3.8) is 0 Å². The lowest BCUT2D eigenvalue weighted by Crippen LogP contribution is -2.40. The molecule has 1 aliphatic heterocycles. The zero-order valence-corrected chi connectivity index (χ0v) is 11.6. The number of thioether (sulfide) groups is 1. The van der Waals surface area contributed by atoms with Crippen molar-refractivity contribution in [3.8, 4) is 0 Å². The van der Waals surface area contributed by atoms with Crippen molar-refractivity contribution in [2.24, 2.45) is 0 Å². The molecule has 1 N–H and O–H groups in total. The summed E-state index contributed by atoms with van der Waals surface area (Å²) in [5, 5.41) is 1.66. The highest BCUT2D eigenvalue weighted by Gasteiger charge is 2.24. The molecule has 0 unspecified atom stereocenters. The topological polar surface area (TPSA) is 49.4 Å². The fourth-order valence-corrected chi connectivity index (χ4v) is 4.01. The summed E-state index contributed by atoms with van der Waals surface area (Å²) in [7, 11) is -3.52. The van der Waals surface area contributed by atoms with Crippen LogP contribution >= 0.6 is 11.8 Å². The van der Waals surface area contributed by atoms with Gasteiger partial charge in [-0.25, -0.2) is 8.42 Å². The summed E-state index contributed by atoms with van der Waals surface area (Å²) in [6.45, 7) is 0. The predicted octanol–water partition coefficient (Wildman–Crippen LogP) is 2.45. The third kappa shape index (κ3) is 2.47. The number of anilines is 1. The molecule has 0 bridgehead atoms. The van der Waals surface area contributed by atoms with E-state index in [1.165, 1.54) is 0 Å². The highest BCUT2D eigenvalue weighted by molar-refractivity contribution is 8.00. The summed E-state index contributed by atoms with van der Waals surface area (Å²) < 4.78 is 24.5. The number of rotatable bonds is 3. The SMILES string of the molecule is O=S(=O)(NN1CSc2ccccc21)c1ccccc1. The number of hydrogen-bond acceptors (Lipinski definition) is 4. The van der Waals surface area contributed by atoms with Crippen LogP contribution in [0.4, 0.5) is 5.69 Å². The van der Waals surface area contributed by atoms with E-state index in [-0.39, 0.29) is 4.90 Å². The number of hydrogen-bond donors (Lipinski definition) is 1. The van der Waals surface area contributed by atoms with Crippen LogP contribution in [0.5, 0.6) is 0 Å². The van der Waals surface area contributed by atoms with Crippen molar-refractivity contribution in [1.82, 2.24) is 4.83 Å². The van der Waals surface area contributed by atoms with E-state index in [2.05, 4.69) is 4.83 Å². The second-order valence-corrected chi connectivity index (χ2v) is 6.72. The summed E-state index contributed by atoms with van der Waals surface area (Å²) in [5.41, 5.74) is 0.895. The van der Waals surface area contributed by atoms with Gasteiger partial charge in [-0.15, -0.1) is 16.6 Å². The Hall–Kier alpha value is -1.50. The van der Waals surface area contributed by atoms with Crippen molar-refractivity contribution in [3.05, 3.63) is 54.6 Å². The number of hydrazine groups is 1. The maximum Gasteiger partial charge on any atom is 0.257 e. The zero-order chi connectivity index (χ0) is 13.3. The first kappa shape index (κ1) is 12.5. The average molecular weight is 292 g/mol. The Bertz CT molecular complexity index is 687. The molecule has 98 valence electrons. The maximum atomic E-state index is 12.2. The van der Waals surface area contributed by atoms with Gasteiger partial charge in [0.25, 0.3) is 10.0 Å². The standard InChI is InChI=1S/C13H12N2O2S2/c16-19(17,11-6-2-1-3-7-11)14-15-10-18-13-9-5-4-8-12(13)15/h1-9,14H,10H2. The van der Waals surface area contributed by atoms with Crippen LogP contribution < -0.4 is 9.84 Å². The minimum Gasteiger partial charge on any atom is -0.283 e. The molecule has 0 fully saturated rings. The molecule has 2 aromatic rings. The number of nitrogens with one attached hydrogen (secondary N) is 1. The Morgan fingerprint density at radius 3 is 2.47 bits per heavy atom. The molecular formula is C13H12N2O2S2. The molecule has 0 aromatic heterocycles. The molecule has 6 heteroatoms. The van der Waals surface area contributed by atoms with E-state index in [1.807, 2.05) is 24.3 Å². The first-order valence-corrected chi connectivity index (χ1v) is 8.20. The molecule has 1 heterocycles. The van der Waals surface area contributed by atoms with E-state index in [4.69, 9.17) is 0 Å². The molecule has 3 rings (SSSR count). The second kappa shape index (κ2) is 4.88. The molecule has 0 spiro atoms. The van der Waals surface area contributed by atoms with Gasteiger partial charge in [0.1, 0.15) is 0 Å². The van der Waals surface area contributed by atoms with Crippen molar-refractivity contribution in [2.45, 2.75) is 9.79 Å². The molecule has 0 saturated carbocycles. The van der Waals surface area contributed by atoms with Gasteiger partial charge in [-0.05, 0) is 24.3 Å². The molecule has 0 radical (unpaired) electrons. The Morgan fingerprint density at radius 1 is 1.00 bits per heavy atom. The Labute approximate surface area is 116 Å². The van der Waals surface area contributed by atoms with E-state index < -0.39 is 10.0 Å². The Morgan fingerprint density at radius 2 is 1.68 bits per heavy atom. The van der Waals surface area contributed by atoms with Gasteiger partial charge in [0, 0.05) is 4.90 Å². The average Bonchev–Trinajstić information content (AvgIpc) is 2.83. The number of sulfonamides is 1. The predicted molar refractivity (Wildman–Crippen MR) is 76.4 cm³/mol. The van der Waals surface area contributed by atoms with Crippen LogP contribution in [-0.4, -0.2) is 14.3 Å². The molecule has 0 saturated heterocycles. The maximum absolute atomic E-state index is 12.2. The van der Waals surface area contributed by atoms with Gasteiger partial charge in [-0.3, -0.25) is 5.01 Å². The normalized spacial score (nSPS) is 14.4. The fourth-order valence-electron chi connectivity index (χ4n) is 1.88. The van der Waals surface area contributed by atoms with E-state index in [0.29, 0.717) is 5.88 Å². The number of nitrogens with zero attached hydrogens (tertiary/aromatic N) is 1. The number of para-hydroxylation sites is 1. The van der Waals surface area contributed by atoms with Gasteiger partial charge in [0.2, 0.25) is 0 Å². The van der Waals surface area contributed by atoms with E-state index in [1.54, 1.807) is 47.1 Å². The van der Waals surface area contributed by atoms with Crippen LogP contribution in [0.3, 0.4) is 0 Å². The monoisotopic (exact) mass is 292 g/mol. The first-order valence-electron chi connectivity index (χ1n) is 5.74. The van der Waals surface area contributed by atoms with Gasteiger partial charge in [-0.2, -0.15) is 0 Å². The Kier molecular flexibility index (Phi) is 3.22. The van der Waals surface area contributed by atoms with Crippen LogP contribution in [0.2, 0.25) is 0 Å². The minimum atomic E-state index is -3.52. The first-order chi connectivity index (χ1) is 9.17.